The third-order valence-electron chi connectivity index (χ3n) is 8.34. The standard InChI is InChI=1S/C40H24N2O2/c1-3-10-25(11-4-1)27-17-19-36-29(22-27)31-24-32-30-23-28(26-12-5-2-6-13-26)18-20-37(30)44-40(32)38(39(31)43-36)35-16-9-15-34(42-35)33-14-7-8-21-41-33/h1-24H. The third-order valence-corrected chi connectivity index (χ3v) is 8.34. The zero-order valence-corrected chi connectivity index (χ0v) is 23.6. The Kier molecular flexibility index (Phi) is 5.47. The minimum absolute atomic E-state index is 0.755. The highest BCUT2D eigenvalue weighted by atomic mass is 16.3. The van der Waals surface area contributed by atoms with Crippen molar-refractivity contribution in [3.8, 4) is 44.9 Å². The van der Waals surface area contributed by atoms with Crippen molar-refractivity contribution < 1.29 is 8.83 Å². The Labute approximate surface area is 252 Å². The maximum atomic E-state index is 6.66. The summed E-state index contributed by atoms with van der Waals surface area (Å²) in [6.07, 6.45) is 1.79. The molecule has 0 aliphatic rings. The summed E-state index contributed by atoms with van der Waals surface area (Å²) >= 11 is 0. The normalized spacial score (nSPS) is 11.6. The number of benzene rings is 5. The smallest absolute Gasteiger partial charge is 0.148 e. The predicted octanol–water partition coefficient (Wildman–Crippen LogP) is 10.9. The molecule has 0 radical (unpaired) electrons. The van der Waals surface area contributed by atoms with E-state index in [2.05, 4.69) is 96.0 Å². The van der Waals surface area contributed by atoms with Crippen LogP contribution >= 0.6 is 0 Å². The monoisotopic (exact) mass is 564 g/mol. The van der Waals surface area contributed by atoms with E-state index in [0.29, 0.717) is 0 Å². The van der Waals surface area contributed by atoms with Crippen molar-refractivity contribution in [3.05, 3.63) is 146 Å². The van der Waals surface area contributed by atoms with Crippen LogP contribution in [0, 0.1) is 0 Å². The van der Waals surface area contributed by atoms with E-state index < -0.39 is 0 Å². The van der Waals surface area contributed by atoms with Crippen LogP contribution in [-0.4, -0.2) is 9.97 Å². The SMILES string of the molecule is c1ccc(-c2ccc3oc4c(-c5cccc(-c6ccccn6)n5)c5oc6ccc(-c7ccccc7)cc6c5cc4c3c2)cc1. The summed E-state index contributed by atoms with van der Waals surface area (Å²) in [5.74, 6) is 0. The molecule has 9 rings (SSSR count). The Balaban J connectivity index is 1.37. The highest BCUT2D eigenvalue weighted by Gasteiger charge is 2.23. The van der Waals surface area contributed by atoms with Gasteiger partial charge < -0.3 is 8.83 Å². The van der Waals surface area contributed by atoms with Crippen LogP contribution in [0.5, 0.6) is 0 Å². The van der Waals surface area contributed by atoms with Crippen molar-refractivity contribution in [2.45, 2.75) is 0 Å². The van der Waals surface area contributed by atoms with Crippen LogP contribution in [0.15, 0.2) is 155 Å². The lowest BCUT2D eigenvalue weighted by Gasteiger charge is -2.06. The number of fused-ring (bicyclic) bond motifs is 6. The molecule has 206 valence electrons. The molecule has 0 aliphatic carbocycles. The molecule has 4 nitrogen and oxygen atoms in total. The molecule has 5 aromatic carbocycles. The van der Waals surface area contributed by atoms with Gasteiger partial charge in [0.15, 0.2) is 0 Å². The highest BCUT2D eigenvalue weighted by molar-refractivity contribution is 6.22. The average Bonchev–Trinajstić information content (AvgIpc) is 3.65. The fraction of sp³-hybridized carbons (Fsp3) is 0. The van der Waals surface area contributed by atoms with Gasteiger partial charge in [0, 0.05) is 27.7 Å². The van der Waals surface area contributed by atoms with Crippen molar-refractivity contribution in [1.29, 1.82) is 0 Å². The second kappa shape index (κ2) is 9.79. The maximum absolute atomic E-state index is 6.66. The van der Waals surface area contributed by atoms with Gasteiger partial charge in [-0.1, -0.05) is 84.9 Å². The molecule has 0 atom stereocenters. The lowest BCUT2D eigenvalue weighted by molar-refractivity contribution is 0.658. The number of furan rings is 2. The maximum Gasteiger partial charge on any atom is 0.148 e. The average molecular weight is 565 g/mol. The van der Waals surface area contributed by atoms with Gasteiger partial charge in [0.25, 0.3) is 0 Å². The summed E-state index contributed by atoms with van der Waals surface area (Å²) in [4.78, 5) is 9.65. The molecular formula is C40H24N2O2. The Bertz CT molecular complexity index is 2350. The van der Waals surface area contributed by atoms with Crippen LogP contribution in [0.25, 0.3) is 88.8 Å². The summed E-state index contributed by atoms with van der Waals surface area (Å²) in [5, 5.41) is 4.16. The van der Waals surface area contributed by atoms with Crippen molar-refractivity contribution >= 4 is 43.9 Å². The van der Waals surface area contributed by atoms with Crippen molar-refractivity contribution in [2.24, 2.45) is 0 Å². The highest BCUT2D eigenvalue weighted by Crippen LogP contribution is 2.45. The minimum Gasteiger partial charge on any atom is -0.455 e. The fourth-order valence-electron chi connectivity index (χ4n) is 6.22. The summed E-state index contributed by atoms with van der Waals surface area (Å²) in [6.45, 7) is 0. The van der Waals surface area contributed by atoms with Gasteiger partial charge in [-0.15, -0.1) is 0 Å². The van der Waals surface area contributed by atoms with E-state index in [0.717, 1.165) is 88.8 Å². The molecule has 0 bridgehead atoms. The number of hydrogen-bond donors (Lipinski definition) is 0. The molecule has 4 heterocycles. The van der Waals surface area contributed by atoms with Crippen molar-refractivity contribution in [3.63, 3.8) is 0 Å². The second-order valence-electron chi connectivity index (χ2n) is 11.0. The number of aromatic nitrogens is 2. The number of hydrogen-bond acceptors (Lipinski definition) is 4. The van der Waals surface area contributed by atoms with Gasteiger partial charge in [-0.25, -0.2) is 4.98 Å². The van der Waals surface area contributed by atoms with Gasteiger partial charge in [-0.3, -0.25) is 4.98 Å². The third kappa shape index (κ3) is 3.92. The Hall–Kier alpha value is -6.00. The van der Waals surface area contributed by atoms with Gasteiger partial charge in [-0.05, 0) is 76.9 Å². The summed E-state index contributed by atoms with van der Waals surface area (Å²) < 4.78 is 13.3. The zero-order valence-electron chi connectivity index (χ0n) is 23.6. The van der Waals surface area contributed by atoms with E-state index in [1.807, 2.05) is 48.5 Å². The topological polar surface area (TPSA) is 52.1 Å². The lowest BCUT2D eigenvalue weighted by Crippen LogP contribution is -1.90. The van der Waals surface area contributed by atoms with Gasteiger partial charge in [0.05, 0.1) is 22.6 Å². The van der Waals surface area contributed by atoms with Gasteiger partial charge in [0.2, 0.25) is 0 Å². The first kappa shape index (κ1) is 24.6. The quantitative estimate of drug-likeness (QED) is 0.213. The predicted molar refractivity (Wildman–Crippen MR) is 178 cm³/mol. The minimum atomic E-state index is 0.755. The van der Waals surface area contributed by atoms with E-state index in [4.69, 9.17) is 13.8 Å². The molecule has 4 heteroatoms. The van der Waals surface area contributed by atoms with Crippen LogP contribution in [-0.2, 0) is 0 Å². The molecule has 0 aliphatic heterocycles. The van der Waals surface area contributed by atoms with E-state index in [1.54, 1.807) is 6.20 Å². The molecule has 0 saturated carbocycles. The van der Waals surface area contributed by atoms with Crippen LogP contribution in [0.2, 0.25) is 0 Å². The Morgan fingerprint density at radius 3 is 1.50 bits per heavy atom. The van der Waals surface area contributed by atoms with Crippen molar-refractivity contribution in [1.82, 2.24) is 9.97 Å². The number of rotatable bonds is 4. The molecule has 4 aromatic heterocycles. The largest absolute Gasteiger partial charge is 0.455 e. The molecule has 0 amide bonds. The summed E-state index contributed by atoms with van der Waals surface area (Å²) in [5.41, 5.74) is 11.0. The number of nitrogens with zero attached hydrogens (tertiary/aromatic N) is 2. The van der Waals surface area contributed by atoms with Crippen LogP contribution in [0.1, 0.15) is 0 Å². The zero-order chi connectivity index (χ0) is 29.0. The number of pyridine rings is 2. The Morgan fingerprint density at radius 2 is 0.932 bits per heavy atom. The first-order valence-electron chi connectivity index (χ1n) is 14.7. The van der Waals surface area contributed by atoms with Gasteiger partial charge in [0.1, 0.15) is 22.3 Å². The molecule has 0 fully saturated rings. The van der Waals surface area contributed by atoms with Crippen molar-refractivity contribution in [2.75, 3.05) is 0 Å². The molecule has 0 spiro atoms. The van der Waals surface area contributed by atoms with E-state index >= 15 is 0 Å². The molecular weight excluding hydrogens is 540 g/mol. The molecule has 0 unspecified atom stereocenters. The lowest BCUT2D eigenvalue weighted by atomic mass is 9.98. The summed E-state index contributed by atoms with van der Waals surface area (Å²) in [6, 6.07) is 47.8. The molecule has 0 saturated heterocycles. The fourth-order valence-corrected chi connectivity index (χ4v) is 6.22. The molecule has 0 N–H and O–H groups in total. The van der Waals surface area contributed by atoms with E-state index in [1.165, 1.54) is 0 Å². The first-order chi connectivity index (χ1) is 21.8. The van der Waals surface area contributed by atoms with Crippen LogP contribution < -0.4 is 0 Å². The second-order valence-corrected chi connectivity index (χ2v) is 11.0. The van der Waals surface area contributed by atoms with Crippen LogP contribution in [0.3, 0.4) is 0 Å². The first-order valence-corrected chi connectivity index (χ1v) is 14.7. The van der Waals surface area contributed by atoms with E-state index in [9.17, 15) is 0 Å². The van der Waals surface area contributed by atoms with Gasteiger partial charge in [-0.2, -0.15) is 0 Å². The molecule has 44 heavy (non-hydrogen) atoms. The summed E-state index contributed by atoms with van der Waals surface area (Å²) in [7, 11) is 0. The molecule has 9 aromatic rings. The van der Waals surface area contributed by atoms with Gasteiger partial charge >= 0.3 is 0 Å². The Morgan fingerprint density at radius 1 is 0.386 bits per heavy atom. The van der Waals surface area contributed by atoms with E-state index in [-0.39, 0.29) is 0 Å². The van der Waals surface area contributed by atoms with Crippen LogP contribution in [0.4, 0.5) is 0 Å².